The van der Waals surface area contributed by atoms with Crippen molar-refractivity contribution in [3.05, 3.63) is 92.4 Å². The van der Waals surface area contributed by atoms with E-state index in [0.29, 0.717) is 10.0 Å². The van der Waals surface area contributed by atoms with Crippen LogP contribution in [0.1, 0.15) is 11.1 Å². The van der Waals surface area contributed by atoms with E-state index in [1.807, 2.05) is 0 Å². The van der Waals surface area contributed by atoms with E-state index in [1.54, 1.807) is 18.2 Å². The molecular weight excluding hydrogens is 586 g/mol. The minimum Gasteiger partial charge on any atom is -0.262 e. The van der Waals surface area contributed by atoms with Crippen LogP contribution in [0, 0.1) is 0 Å². The Kier molecular flexibility index (Phi) is 8.55. The van der Waals surface area contributed by atoms with E-state index in [4.69, 9.17) is 23.2 Å². The molecule has 3 aromatic carbocycles. The van der Waals surface area contributed by atoms with E-state index in [0.717, 1.165) is 4.31 Å². The molecule has 0 spiro atoms. The van der Waals surface area contributed by atoms with Gasteiger partial charge in [0.25, 0.3) is 10.0 Å². The summed E-state index contributed by atoms with van der Waals surface area (Å²) in [5.41, 5.74) is 1.01. The lowest BCUT2D eigenvalue weighted by molar-refractivity contribution is -0.0881. The molecule has 6 nitrogen and oxygen atoms in total. The maximum atomic E-state index is 13.4. The van der Waals surface area contributed by atoms with Gasteiger partial charge >= 0.3 is 7.60 Å². The molecule has 0 radical (unpaired) electrons. The highest BCUT2D eigenvalue weighted by atomic mass is 79.9. The van der Waals surface area contributed by atoms with Crippen molar-refractivity contribution in [2.45, 2.75) is 17.6 Å². The Morgan fingerprint density at radius 2 is 1.61 bits per heavy atom. The van der Waals surface area contributed by atoms with E-state index in [1.165, 1.54) is 48.5 Å². The van der Waals surface area contributed by atoms with Crippen LogP contribution in [0.4, 0.5) is 14.7 Å². The smallest absolute Gasteiger partial charge is 0.262 e. The molecule has 0 saturated heterocycles. The Morgan fingerprint density at radius 3 is 2.18 bits per heavy atom. The molecule has 0 saturated carbocycles. The number of sulfonamides is 1. The third kappa shape index (κ3) is 6.14. The number of nitrogens with zero attached hydrogens (tertiary/aromatic N) is 1. The molecule has 13 heteroatoms. The highest BCUT2D eigenvalue weighted by molar-refractivity contribution is 9.10. The van der Waals surface area contributed by atoms with Crippen molar-refractivity contribution in [2.24, 2.45) is 0 Å². The number of anilines is 1. The number of hydrogen-bond acceptors (Lipinski definition) is 5. The molecule has 0 fully saturated rings. The summed E-state index contributed by atoms with van der Waals surface area (Å²) in [4.78, 5) is 0.0629. The highest BCUT2D eigenvalue weighted by Crippen LogP contribution is 2.53. The zero-order chi connectivity index (χ0) is 24.2. The number of benzene rings is 3. The van der Waals surface area contributed by atoms with Crippen molar-refractivity contribution in [3.63, 3.8) is 0 Å². The Labute approximate surface area is 207 Å². The minimum absolute atomic E-state index is 0.0629. The van der Waals surface area contributed by atoms with Crippen LogP contribution in [0.25, 0.3) is 0 Å². The average Bonchev–Trinajstić information content (AvgIpc) is 2.81. The molecule has 0 atom stereocenters. The molecule has 0 aromatic heterocycles. The molecule has 0 unspecified atom stereocenters. The lowest BCUT2D eigenvalue weighted by Gasteiger charge is -2.25. The molecular formula is C20H15BrCl2F2NO5PS. The second-order valence-electron chi connectivity index (χ2n) is 6.76. The van der Waals surface area contributed by atoms with Crippen molar-refractivity contribution in [1.82, 2.24) is 0 Å². The van der Waals surface area contributed by atoms with Crippen LogP contribution in [0.3, 0.4) is 0 Å². The summed E-state index contributed by atoms with van der Waals surface area (Å²) in [6.45, 7) is -0.120. The Bertz CT molecular complexity index is 1290. The summed E-state index contributed by atoms with van der Waals surface area (Å²) in [5, 5.41) is 0.436. The largest absolute Gasteiger partial charge is 0.399 e. The second kappa shape index (κ2) is 10.8. The van der Waals surface area contributed by atoms with Gasteiger partial charge < -0.3 is 0 Å². The van der Waals surface area contributed by atoms with Gasteiger partial charge in [0.1, 0.15) is 0 Å². The van der Waals surface area contributed by atoms with Gasteiger partial charge in [0, 0.05) is 4.47 Å². The quantitative estimate of drug-likeness (QED) is 0.236. The van der Waals surface area contributed by atoms with Gasteiger partial charge in [-0.15, -0.1) is 9.46 Å². The van der Waals surface area contributed by atoms with Gasteiger partial charge in [-0.05, 0) is 56.6 Å². The van der Waals surface area contributed by atoms with Gasteiger partial charge in [-0.1, -0.05) is 69.5 Å². The van der Waals surface area contributed by atoms with E-state index in [9.17, 15) is 22.0 Å². The molecule has 3 rings (SSSR count). The zero-order valence-electron chi connectivity index (χ0n) is 16.5. The average molecular weight is 601 g/mol. The molecule has 0 bridgehead atoms. The van der Waals surface area contributed by atoms with Gasteiger partial charge in [0.05, 0.1) is 33.3 Å². The monoisotopic (exact) mass is 599 g/mol. The fourth-order valence-corrected chi connectivity index (χ4v) is 6.28. The summed E-state index contributed by atoms with van der Waals surface area (Å²) in [7, 11) is -8.60. The summed E-state index contributed by atoms with van der Waals surface area (Å²) in [6, 6.07) is 16.7. The lowest BCUT2D eigenvalue weighted by atomic mass is 10.1. The summed E-state index contributed by atoms with van der Waals surface area (Å²) >= 11 is 15.3. The summed E-state index contributed by atoms with van der Waals surface area (Å²) < 4.78 is 71.2. The predicted molar refractivity (Wildman–Crippen MR) is 126 cm³/mol. The molecule has 176 valence electrons. The third-order valence-electron chi connectivity index (χ3n) is 4.54. The first-order valence-corrected chi connectivity index (χ1v) is 13.8. The van der Waals surface area contributed by atoms with Crippen molar-refractivity contribution in [1.29, 1.82) is 0 Å². The van der Waals surface area contributed by atoms with Gasteiger partial charge in [-0.25, -0.2) is 8.42 Å². The standard InChI is InChI=1S/C20H15BrCl2F2NO5PS/c21-18-10-14(6-7-15(18)13-32(27,30-24)31-25)12-26(16-8-9-19(22)20(23)11-16)33(28,29)17-4-2-1-3-5-17/h1-11H,12-13H2. The second-order valence-corrected chi connectivity index (χ2v) is 12.1. The molecule has 0 N–H and O–H groups in total. The first-order valence-electron chi connectivity index (χ1n) is 9.09. The SMILES string of the molecule is O=P(Cc1ccc(CN(c2ccc(Cl)c(Cl)c2)S(=O)(=O)c2ccccc2)cc1Br)(OF)OF. The van der Waals surface area contributed by atoms with Crippen LogP contribution in [-0.2, 0) is 36.8 Å². The van der Waals surface area contributed by atoms with E-state index in [2.05, 4.69) is 25.4 Å². The Balaban J connectivity index is 2.01. The van der Waals surface area contributed by atoms with Crippen LogP contribution in [0.15, 0.2) is 76.1 Å². The fraction of sp³-hybridized carbons (Fsp3) is 0.100. The zero-order valence-corrected chi connectivity index (χ0v) is 21.3. The maximum Gasteiger partial charge on any atom is 0.399 e. The topological polar surface area (TPSA) is 72.9 Å². The van der Waals surface area contributed by atoms with Crippen LogP contribution >= 0.6 is 46.7 Å². The van der Waals surface area contributed by atoms with Crippen LogP contribution in [-0.4, -0.2) is 8.42 Å². The molecule has 0 aliphatic rings. The maximum absolute atomic E-state index is 13.4. The number of hydrogen-bond donors (Lipinski definition) is 0. The van der Waals surface area contributed by atoms with Gasteiger partial charge in [-0.2, -0.15) is 0 Å². The van der Waals surface area contributed by atoms with E-state index >= 15 is 0 Å². The van der Waals surface area contributed by atoms with Crippen molar-refractivity contribution >= 4 is 62.4 Å². The van der Waals surface area contributed by atoms with E-state index in [-0.39, 0.29) is 32.7 Å². The van der Waals surface area contributed by atoms with Crippen molar-refractivity contribution < 1.29 is 31.5 Å². The Hall–Kier alpha value is -1.52. The normalized spacial score (nSPS) is 12.0. The lowest BCUT2D eigenvalue weighted by Crippen LogP contribution is -2.30. The van der Waals surface area contributed by atoms with Gasteiger partial charge in [0.2, 0.25) is 0 Å². The highest BCUT2D eigenvalue weighted by Gasteiger charge is 2.30. The third-order valence-corrected chi connectivity index (χ3v) is 8.95. The number of halogens is 5. The minimum atomic E-state index is -4.59. The van der Waals surface area contributed by atoms with Crippen LogP contribution < -0.4 is 4.31 Å². The van der Waals surface area contributed by atoms with Crippen molar-refractivity contribution in [3.8, 4) is 0 Å². The predicted octanol–water partition coefficient (Wildman–Crippen LogP) is 7.65. The van der Waals surface area contributed by atoms with E-state index < -0.39 is 23.8 Å². The van der Waals surface area contributed by atoms with Gasteiger partial charge in [0.15, 0.2) is 0 Å². The molecule has 0 amide bonds. The van der Waals surface area contributed by atoms with Gasteiger partial charge in [-0.3, -0.25) is 8.87 Å². The first-order chi connectivity index (χ1) is 15.6. The van der Waals surface area contributed by atoms with Crippen molar-refractivity contribution in [2.75, 3.05) is 4.31 Å². The molecule has 33 heavy (non-hydrogen) atoms. The van der Waals surface area contributed by atoms with Crippen LogP contribution in [0.2, 0.25) is 10.0 Å². The number of rotatable bonds is 9. The molecule has 0 heterocycles. The summed E-state index contributed by atoms with van der Waals surface area (Å²) in [5.74, 6) is 0. The Morgan fingerprint density at radius 1 is 0.939 bits per heavy atom. The first kappa shape index (κ1) is 26.1. The molecule has 3 aromatic rings. The van der Waals surface area contributed by atoms with Crippen LogP contribution in [0.5, 0.6) is 0 Å². The molecule has 0 aliphatic carbocycles. The fourth-order valence-electron chi connectivity index (χ4n) is 2.93. The molecule has 0 aliphatic heterocycles. The summed E-state index contributed by atoms with van der Waals surface area (Å²) in [6.07, 6.45) is -0.681.